The first-order valence-corrected chi connectivity index (χ1v) is 10.1. The summed E-state index contributed by atoms with van der Waals surface area (Å²) in [7, 11) is 0. The van der Waals surface area contributed by atoms with Gasteiger partial charge in [-0.1, -0.05) is 29.8 Å². The highest BCUT2D eigenvalue weighted by atomic mass is 35.5. The molecular formula is C23H25ClN2O3. The van der Waals surface area contributed by atoms with Gasteiger partial charge in [0.25, 0.3) is 11.7 Å². The van der Waals surface area contributed by atoms with Crippen molar-refractivity contribution in [3.8, 4) is 5.75 Å². The minimum atomic E-state index is -0.474. The number of fused-ring (bicyclic) bond motifs is 1. The predicted octanol–water partition coefficient (Wildman–Crippen LogP) is 4.73. The number of amides is 1. The number of aromatic nitrogens is 1. The van der Waals surface area contributed by atoms with Crippen LogP contribution in [0.1, 0.15) is 29.8 Å². The van der Waals surface area contributed by atoms with E-state index in [1.165, 1.54) is 0 Å². The molecule has 0 saturated carbocycles. The molecule has 0 spiro atoms. The number of carbonyl (C=O) groups excluding carboxylic acids is 2. The van der Waals surface area contributed by atoms with E-state index in [2.05, 4.69) is 0 Å². The number of ketones is 1. The molecule has 0 N–H and O–H groups in total. The molecule has 152 valence electrons. The average molecular weight is 413 g/mol. The Kier molecular flexibility index (Phi) is 6.60. The molecule has 0 aliphatic carbocycles. The van der Waals surface area contributed by atoms with Crippen LogP contribution in [0.15, 0.2) is 48.7 Å². The van der Waals surface area contributed by atoms with Crippen LogP contribution in [0.5, 0.6) is 5.75 Å². The first-order valence-electron chi connectivity index (χ1n) is 9.76. The lowest BCUT2D eigenvalue weighted by Gasteiger charge is -2.17. The zero-order valence-electron chi connectivity index (χ0n) is 16.9. The van der Waals surface area contributed by atoms with Gasteiger partial charge in [0, 0.05) is 35.2 Å². The third-order valence-corrected chi connectivity index (χ3v) is 5.43. The summed E-state index contributed by atoms with van der Waals surface area (Å²) in [6.07, 6.45) is 1.75. The van der Waals surface area contributed by atoms with Gasteiger partial charge in [-0.3, -0.25) is 9.59 Å². The lowest BCUT2D eigenvalue weighted by Crippen LogP contribution is -2.36. The van der Waals surface area contributed by atoms with E-state index < -0.39 is 11.7 Å². The van der Waals surface area contributed by atoms with Gasteiger partial charge in [-0.25, -0.2) is 0 Å². The zero-order valence-corrected chi connectivity index (χ0v) is 17.7. The molecule has 1 amide bonds. The number of aryl methyl sites for hydroxylation is 1. The number of Topliss-reactive ketones (excluding diaryl/α,β-unsaturated/α-hetero) is 1. The van der Waals surface area contributed by atoms with Crippen LogP contribution in [-0.4, -0.2) is 40.9 Å². The second-order valence-corrected chi connectivity index (χ2v) is 7.23. The van der Waals surface area contributed by atoms with Crippen LogP contribution < -0.4 is 4.74 Å². The molecule has 3 rings (SSSR count). The molecule has 0 bridgehead atoms. The minimum absolute atomic E-state index is 0.428. The Morgan fingerprint density at radius 1 is 1.10 bits per heavy atom. The molecule has 0 radical (unpaired) electrons. The van der Waals surface area contributed by atoms with E-state index in [4.69, 9.17) is 16.3 Å². The fourth-order valence-electron chi connectivity index (χ4n) is 3.35. The highest BCUT2D eigenvalue weighted by molar-refractivity contribution is 6.44. The van der Waals surface area contributed by atoms with Crippen molar-refractivity contribution in [3.63, 3.8) is 0 Å². The summed E-state index contributed by atoms with van der Waals surface area (Å²) < 4.78 is 7.80. The highest BCUT2D eigenvalue weighted by Crippen LogP contribution is 2.24. The van der Waals surface area contributed by atoms with Gasteiger partial charge in [-0.2, -0.15) is 0 Å². The van der Waals surface area contributed by atoms with E-state index in [1.807, 2.05) is 67.8 Å². The number of halogens is 1. The van der Waals surface area contributed by atoms with Crippen molar-refractivity contribution >= 4 is 34.2 Å². The summed E-state index contributed by atoms with van der Waals surface area (Å²) >= 11 is 6.05. The van der Waals surface area contributed by atoms with Crippen molar-refractivity contribution in [1.29, 1.82) is 0 Å². The summed E-state index contributed by atoms with van der Waals surface area (Å²) in [5.41, 5.74) is 2.29. The van der Waals surface area contributed by atoms with Gasteiger partial charge in [0.15, 0.2) is 0 Å². The van der Waals surface area contributed by atoms with Gasteiger partial charge < -0.3 is 14.2 Å². The monoisotopic (exact) mass is 412 g/mol. The van der Waals surface area contributed by atoms with Crippen molar-refractivity contribution in [2.24, 2.45) is 0 Å². The third-order valence-electron chi connectivity index (χ3n) is 5.01. The molecule has 5 nitrogen and oxygen atoms in total. The Morgan fingerprint density at radius 2 is 1.83 bits per heavy atom. The van der Waals surface area contributed by atoms with E-state index in [9.17, 15) is 9.59 Å². The maximum Gasteiger partial charge on any atom is 0.295 e. The van der Waals surface area contributed by atoms with Crippen molar-refractivity contribution in [2.45, 2.75) is 27.3 Å². The summed E-state index contributed by atoms with van der Waals surface area (Å²) in [5, 5.41) is 1.48. The molecule has 29 heavy (non-hydrogen) atoms. The van der Waals surface area contributed by atoms with Crippen LogP contribution in [0, 0.1) is 6.92 Å². The van der Waals surface area contributed by atoms with Crippen LogP contribution in [0.2, 0.25) is 5.02 Å². The molecular weight excluding hydrogens is 388 g/mol. The second-order valence-electron chi connectivity index (χ2n) is 6.82. The summed E-state index contributed by atoms with van der Waals surface area (Å²) in [4.78, 5) is 26.9. The molecule has 3 aromatic rings. The van der Waals surface area contributed by atoms with Crippen LogP contribution >= 0.6 is 11.6 Å². The van der Waals surface area contributed by atoms with Gasteiger partial charge in [0.1, 0.15) is 12.4 Å². The number of likely N-dealkylation sites (N-methyl/N-ethyl adjacent to an activating group) is 1. The number of para-hydroxylation sites is 1. The maximum atomic E-state index is 12.8. The smallest absolute Gasteiger partial charge is 0.295 e. The second kappa shape index (κ2) is 9.14. The van der Waals surface area contributed by atoms with E-state index in [0.29, 0.717) is 36.8 Å². The Hall–Kier alpha value is -2.79. The number of ether oxygens (including phenoxy) is 1. The topological polar surface area (TPSA) is 51.5 Å². The molecule has 0 saturated heterocycles. The Bertz CT molecular complexity index is 1040. The average Bonchev–Trinajstić information content (AvgIpc) is 3.09. The molecule has 0 aliphatic rings. The van der Waals surface area contributed by atoms with Gasteiger partial charge in [0.05, 0.1) is 12.1 Å². The standard InChI is InChI=1S/C23H25ClN2O3/c1-4-25(5-2)23(28)22(27)19-15-26(21-9-7-6-8-18(19)21)12-13-29-17-10-11-20(24)16(3)14-17/h6-11,14-15H,4-5,12-13H2,1-3H3. The van der Waals surface area contributed by atoms with Crippen LogP contribution in [0.3, 0.4) is 0 Å². The van der Waals surface area contributed by atoms with Crippen LogP contribution in [0.25, 0.3) is 10.9 Å². The van der Waals surface area contributed by atoms with Crippen molar-refractivity contribution in [3.05, 3.63) is 64.8 Å². The molecule has 0 atom stereocenters. The number of rotatable bonds is 8. The van der Waals surface area contributed by atoms with E-state index in [-0.39, 0.29) is 0 Å². The molecule has 0 fully saturated rings. The molecule has 0 aliphatic heterocycles. The van der Waals surface area contributed by atoms with Gasteiger partial charge in [-0.15, -0.1) is 0 Å². The molecule has 6 heteroatoms. The SMILES string of the molecule is CCN(CC)C(=O)C(=O)c1cn(CCOc2ccc(Cl)c(C)c2)c2ccccc12. The van der Waals surface area contributed by atoms with Gasteiger partial charge in [-0.05, 0) is 50.6 Å². The number of hydrogen-bond donors (Lipinski definition) is 0. The molecule has 2 aromatic carbocycles. The summed E-state index contributed by atoms with van der Waals surface area (Å²) in [6, 6.07) is 13.2. The van der Waals surface area contributed by atoms with Crippen LogP contribution in [-0.2, 0) is 11.3 Å². The molecule has 1 heterocycles. The van der Waals surface area contributed by atoms with Gasteiger partial charge >= 0.3 is 0 Å². The Balaban J connectivity index is 1.81. The Labute approximate surface area is 175 Å². The van der Waals surface area contributed by atoms with Crippen molar-refractivity contribution in [2.75, 3.05) is 19.7 Å². The first-order chi connectivity index (χ1) is 14.0. The molecule has 0 unspecified atom stereocenters. The Morgan fingerprint density at radius 3 is 2.52 bits per heavy atom. The first kappa shape index (κ1) is 20.9. The fraction of sp³-hybridized carbons (Fsp3) is 0.304. The number of hydrogen-bond acceptors (Lipinski definition) is 3. The fourth-order valence-corrected chi connectivity index (χ4v) is 3.47. The van der Waals surface area contributed by atoms with Crippen molar-refractivity contribution < 1.29 is 14.3 Å². The number of nitrogens with zero attached hydrogens (tertiary/aromatic N) is 2. The normalized spacial score (nSPS) is 10.9. The number of carbonyl (C=O) groups is 2. The lowest BCUT2D eigenvalue weighted by molar-refractivity contribution is -0.126. The van der Waals surface area contributed by atoms with E-state index in [0.717, 1.165) is 22.2 Å². The number of benzene rings is 2. The van der Waals surface area contributed by atoms with Gasteiger partial charge in [0.2, 0.25) is 0 Å². The lowest BCUT2D eigenvalue weighted by atomic mass is 10.1. The third kappa shape index (κ3) is 4.46. The quantitative estimate of drug-likeness (QED) is 0.397. The minimum Gasteiger partial charge on any atom is -0.492 e. The predicted molar refractivity (Wildman–Crippen MR) is 116 cm³/mol. The highest BCUT2D eigenvalue weighted by Gasteiger charge is 2.24. The zero-order chi connectivity index (χ0) is 21.0. The maximum absolute atomic E-state index is 12.8. The largest absolute Gasteiger partial charge is 0.492 e. The summed E-state index contributed by atoms with van der Waals surface area (Å²) in [6.45, 7) is 7.66. The van der Waals surface area contributed by atoms with Crippen LogP contribution in [0.4, 0.5) is 0 Å². The summed E-state index contributed by atoms with van der Waals surface area (Å²) in [5.74, 6) is -0.194. The van der Waals surface area contributed by atoms with Crippen molar-refractivity contribution in [1.82, 2.24) is 9.47 Å². The van der Waals surface area contributed by atoms with E-state index >= 15 is 0 Å². The van der Waals surface area contributed by atoms with E-state index in [1.54, 1.807) is 11.1 Å². The molecule has 1 aromatic heterocycles.